The molecular weight excluding hydrogens is 271 g/mol. The van der Waals surface area contributed by atoms with E-state index in [0.29, 0.717) is 0 Å². The summed E-state index contributed by atoms with van der Waals surface area (Å²) in [4.78, 5) is 22.8. The molecule has 0 bridgehead atoms. The largest absolute Gasteiger partial charge is 0.465 e. The van der Waals surface area contributed by atoms with Crippen LogP contribution in [-0.4, -0.2) is 43.9 Å². The van der Waals surface area contributed by atoms with Crippen LogP contribution in [0.3, 0.4) is 0 Å². The minimum absolute atomic E-state index is 0.255. The lowest BCUT2D eigenvalue weighted by Gasteiger charge is -2.23. The Morgan fingerprint density at radius 3 is 1.58 bits per heavy atom. The predicted molar refractivity (Wildman–Crippen MR) is 72.0 cm³/mol. The van der Waals surface area contributed by atoms with E-state index in [1.165, 1.54) is 6.66 Å². The van der Waals surface area contributed by atoms with E-state index in [2.05, 4.69) is 10.2 Å². The fourth-order valence-corrected chi connectivity index (χ4v) is 3.18. The molecule has 0 aliphatic rings. The highest BCUT2D eigenvalue weighted by molar-refractivity contribution is 7.59. The third-order valence-electron chi connectivity index (χ3n) is 2.16. The van der Waals surface area contributed by atoms with Crippen LogP contribution in [0.15, 0.2) is 0 Å². The van der Waals surface area contributed by atoms with Gasteiger partial charge in [0.1, 0.15) is 12.1 Å². The number of carbonyl (C=O) groups excluding carboxylic acids is 2. The second-order valence-electron chi connectivity index (χ2n) is 4.13. The highest BCUT2D eigenvalue weighted by atomic mass is 31.2. The van der Waals surface area contributed by atoms with Gasteiger partial charge < -0.3 is 9.47 Å². The lowest BCUT2D eigenvalue weighted by atomic mass is 10.4. The van der Waals surface area contributed by atoms with E-state index in [1.54, 1.807) is 27.7 Å². The van der Waals surface area contributed by atoms with Crippen molar-refractivity contribution < 1.29 is 23.6 Å². The molecular formula is C11H23N2O5P. The number of carbonyl (C=O) groups is 2. The minimum Gasteiger partial charge on any atom is -0.465 e. The third kappa shape index (κ3) is 7.30. The molecule has 0 fully saturated rings. The molecule has 0 spiro atoms. The van der Waals surface area contributed by atoms with Gasteiger partial charge in [-0.05, 0) is 27.7 Å². The van der Waals surface area contributed by atoms with Gasteiger partial charge in [-0.25, -0.2) is 10.2 Å². The molecule has 0 unspecified atom stereocenters. The highest BCUT2D eigenvalue weighted by Crippen LogP contribution is 2.32. The normalized spacial score (nSPS) is 14.6. The second kappa shape index (κ2) is 8.30. The molecule has 2 atom stereocenters. The molecule has 0 aliphatic heterocycles. The Morgan fingerprint density at radius 1 is 1.00 bits per heavy atom. The van der Waals surface area contributed by atoms with Crippen LogP contribution < -0.4 is 10.2 Å². The van der Waals surface area contributed by atoms with Crippen LogP contribution in [-0.2, 0) is 23.6 Å². The number of esters is 2. The van der Waals surface area contributed by atoms with Gasteiger partial charge in [0.05, 0.1) is 13.2 Å². The maximum Gasteiger partial charge on any atom is 0.323 e. The zero-order chi connectivity index (χ0) is 15.1. The zero-order valence-electron chi connectivity index (χ0n) is 12.1. The minimum atomic E-state index is -3.06. The van der Waals surface area contributed by atoms with Crippen LogP contribution in [0, 0.1) is 0 Å². The third-order valence-corrected chi connectivity index (χ3v) is 3.92. The molecule has 0 heterocycles. The molecule has 0 aliphatic carbocycles. The molecule has 0 radical (unpaired) electrons. The van der Waals surface area contributed by atoms with Crippen LogP contribution in [0.25, 0.3) is 0 Å². The fourth-order valence-electron chi connectivity index (χ4n) is 1.42. The highest BCUT2D eigenvalue weighted by Gasteiger charge is 2.27. The molecule has 0 amide bonds. The van der Waals surface area contributed by atoms with Crippen molar-refractivity contribution >= 4 is 19.4 Å². The molecule has 8 heteroatoms. The fraction of sp³-hybridized carbons (Fsp3) is 0.818. The SMILES string of the molecule is CCOC(=O)[C@H](C)NP(C)(=O)N[C@@H](C)C(=O)OCC. The van der Waals surface area contributed by atoms with Crippen molar-refractivity contribution in [3.63, 3.8) is 0 Å². The van der Waals surface area contributed by atoms with Crippen molar-refractivity contribution in [1.82, 2.24) is 10.2 Å². The first kappa shape index (κ1) is 18.1. The van der Waals surface area contributed by atoms with E-state index < -0.39 is 31.5 Å². The van der Waals surface area contributed by atoms with Gasteiger partial charge in [-0.1, -0.05) is 0 Å². The summed E-state index contributed by atoms with van der Waals surface area (Å²) in [6.45, 7) is 8.39. The van der Waals surface area contributed by atoms with Gasteiger partial charge >= 0.3 is 11.9 Å². The molecule has 112 valence electrons. The van der Waals surface area contributed by atoms with Crippen LogP contribution >= 0.6 is 7.44 Å². The average Bonchev–Trinajstić information content (AvgIpc) is 2.28. The van der Waals surface area contributed by atoms with E-state index in [1.807, 2.05) is 0 Å². The van der Waals surface area contributed by atoms with Crippen molar-refractivity contribution in [1.29, 1.82) is 0 Å². The molecule has 0 rings (SSSR count). The lowest BCUT2D eigenvalue weighted by Crippen LogP contribution is -2.41. The smallest absolute Gasteiger partial charge is 0.323 e. The molecule has 0 aromatic heterocycles. The summed E-state index contributed by atoms with van der Waals surface area (Å²) in [5, 5.41) is 5.26. The van der Waals surface area contributed by atoms with E-state index in [4.69, 9.17) is 9.47 Å². The quantitative estimate of drug-likeness (QED) is 0.507. The lowest BCUT2D eigenvalue weighted by molar-refractivity contribution is -0.145. The second-order valence-corrected chi connectivity index (χ2v) is 6.49. The summed E-state index contributed by atoms with van der Waals surface area (Å²) >= 11 is 0. The number of rotatable bonds is 8. The molecule has 7 nitrogen and oxygen atoms in total. The predicted octanol–water partition coefficient (Wildman–Crippen LogP) is 0.892. The van der Waals surface area contributed by atoms with Gasteiger partial charge in [0, 0.05) is 6.66 Å². The van der Waals surface area contributed by atoms with Crippen LogP contribution in [0.4, 0.5) is 0 Å². The Labute approximate surface area is 113 Å². The van der Waals surface area contributed by atoms with Gasteiger partial charge in [-0.3, -0.25) is 14.2 Å². The van der Waals surface area contributed by atoms with E-state index in [9.17, 15) is 14.2 Å². The van der Waals surface area contributed by atoms with Gasteiger partial charge in [0.25, 0.3) is 0 Å². The first-order chi connectivity index (χ1) is 8.73. The van der Waals surface area contributed by atoms with Crippen molar-refractivity contribution in [3.05, 3.63) is 0 Å². The van der Waals surface area contributed by atoms with E-state index in [-0.39, 0.29) is 13.2 Å². The topological polar surface area (TPSA) is 93.7 Å². The van der Waals surface area contributed by atoms with Gasteiger partial charge in [-0.15, -0.1) is 0 Å². The summed E-state index contributed by atoms with van der Waals surface area (Å²) in [6.07, 6.45) is 0. The Morgan fingerprint density at radius 2 is 1.32 bits per heavy atom. The molecule has 0 aromatic rings. The van der Waals surface area contributed by atoms with E-state index in [0.717, 1.165) is 0 Å². The van der Waals surface area contributed by atoms with Gasteiger partial charge in [0.15, 0.2) is 0 Å². The molecule has 0 aromatic carbocycles. The van der Waals surface area contributed by atoms with Crippen molar-refractivity contribution in [2.24, 2.45) is 0 Å². The number of ether oxygens (including phenoxy) is 2. The first-order valence-corrected chi connectivity index (χ1v) is 8.35. The maximum atomic E-state index is 12.2. The Balaban J connectivity index is 4.43. The van der Waals surface area contributed by atoms with Crippen molar-refractivity contribution in [3.8, 4) is 0 Å². The average molecular weight is 294 g/mol. The number of hydrogen-bond donors (Lipinski definition) is 2. The van der Waals surface area contributed by atoms with Crippen LogP contribution in [0.1, 0.15) is 27.7 Å². The van der Waals surface area contributed by atoms with Gasteiger partial charge in [-0.2, -0.15) is 0 Å². The Bertz CT molecular complexity index is 331. The maximum absolute atomic E-state index is 12.2. The molecule has 0 saturated carbocycles. The summed E-state index contributed by atoms with van der Waals surface area (Å²) in [5.74, 6) is -0.981. The van der Waals surface area contributed by atoms with Crippen molar-refractivity contribution in [2.45, 2.75) is 39.8 Å². The Kier molecular flexibility index (Phi) is 7.90. The summed E-state index contributed by atoms with van der Waals surface area (Å²) in [5.41, 5.74) is 0. The summed E-state index contributed by atoms with van der Waals surface area (Å²) in [7, 11) is -3.06. The first-order valence-electron chi connectivity index (χ1n) is 6.19. The number of hydrogen-bond acceptors (Lipinski definition) is 5. The molecule has 0 saturated heterocycles. The van der Waals surface area contributed by atoms with Gasteiger partial charge in [0.2, 0.25) is 7.44 Å². The van der Waals surface area contributed by atoms with Crippen molar-refractivity contribution in [2.75, 3.05) is 19.9 Å². The Hall–Kier alpha value is -0.910. The molecule has 2 N–H and O–H groups in total. The standard InChI is InChI=1S/C11H23N2O5P/c1-6-17-10(14)8(3)12-19(5,16)13-9(4)11(15)18-7-2/h8-9H,6-7H2,1-5H3,(H2,12,13,16)/t8-,9-/m0/s1. The monoisotopic (exact) mass is 294 g/mol. The summed E-state index contributed by atoms with van der Waals surface area (Å²) in [6, 6.07) is -1.45. The zero-order valence-corrected chi connectivity index (χ0v) is 13.0. The van der Waals surface area contributed by atoms with Crippen LogP contribution in [0.5, 0.6) is 0 Å². The summed E-state index contributed by atoms with van der Waals surface area (Å²) < 4.78 is 21.8. The van der Waals surface area contributed by atoms with E-state index >= 15 is 0 Å². The molecule has 19 heavy (non-hydrogen) atoms. The van der Waals surface area contributed by atoms with Crippen LogP contribution in [0.2, 0.25) is 0 Å². The number of nitrogens with one attached hydrogen (secondary N) is 2.